The predicted molar refractivity (Wildman–Crippen MR) is 53.2 cm³/mol. The highest BCUT2D eigenvalue weighted by Gasteiger charge is 1.89. The number of carbonyl (C=O) groups is 1. The maximum Gasteiger partial charge on any atom is 0.219 e. The molecule has 13 heavy (non-hydrogen) atoms. The molecule has 0 radical (unpaired) electrons. The highest BCUT2D eigenvalue weighted by atomic mass is 16.1. The Kier molecular flexibility index (Phi) is 7.79. The molecule has 0 saturated carbocycles. The zero-order chi connectivity index (χ0) is 9.94. The van der Waals surface area contributed by atoms with E-state index in [1.807, 2.05) is 25.1 Å². The number of hydrogen-bond acceptors (Lipinski definition) is 2. The summed E-state index contributed by atoms with van der Waals surface area (Å²) in [5.41, 5.74) is 0. The third kappa shape index (κ3) is 8.53. The third-order valence-corrected chi connectivity index (χ3v) is 1.32. The number of nitrogens with one attached hydrogen (secondary N) is 1. The van der Waals surface area contributed by atoms with Gasteiger partial charge in [0.05, 0.1) is 0 Å². The van der Waals surface area contributed by atoms with Crippen molar-refractivity contribution in [2.75, 3.05) is 7.05 Å². The van der Waals surface area contributed by atoms with Gasteiger partial charge in [0, 0.05) is 25.9 Å². The molecule has 0 aromatic carbocycles. The van der Waals surface area contributed by atoms with Crippen LogP contribution in [0, 0.1) is 0 Å². The molecule has 0 unspecified atom stereocenters. The normalized spacial score (nSPS) is 8.15. The van der Waals surface area contributed by atoms with Crippen molar-refractivity contribution in [2.45, 2.75) is 19.8 Å². The van der Waals surface area contributed by atoms with Crippen molar-refractivity contribution in [3.63, 3.8) is 0 Å². The molecule has 0 aliphatic rings. The van der Waals surface area contributed by atoms with Gasteiger partial charge in [-0.2, -0.15) is 0 Å². The lowest BCUT2D eigenvalue weighted by molar-refractivity contribution is -0.120. The number of aromatic nitrogens is 1. The van der Waals surface area contributed by atoms with Gasteiger partial charge in [0.15, 0.2) is 0 Å². The van der Waals surface area contributed by atoms with E-state index in [9.17, 15) is 4.79 Å². The Morgan fingerprint density at radius 3 is 2.08 bits per heavy atom. The number of carbonyl (C=O) groups excluding carboxylic acids is 1. The molecule has 0 fully saturated rings. The fourth-order valence-electron chi connectivity index (χ4n) is 0.665. The molecule has 1 amide bonds. The first kappa shape index (κ1) is 11.6. The number of rotatable bonds is 2. The Bertz CT molecular complexity index is 185. The molecular formula is C10H16N2O. The Balaban J connectivity index is 0.000000223. The first-order valence-electron chi connectivity index (χ1n) is 4.36. The van der Waals surface area contributed by atoms with Crippen LogP contribution in [-0.2, 0) is 4.79 Å². The van der Waals surface area contributed by atoms with Crippen molar-refractivity contribution in [2.24, 2.45) is 0 Å². The van der Waals surface area contributed by atoms with Gasteiger partial charge in [-0.25, -0.2) is 0 Å². The lowest BCUT2D eigenvalue weighted by atomic mass is 10.3. The largest absolute Gasteiger partial charge is 0.359 e. The van der Waals surface area contributed by atoms with Gasteiger partial charge in [0.1, 0.15) is 0 Å². The summed E-state index contributed by atoms with van der Waals surface area (Å²) in [5, 5.41) is 2.53. The minimum absolute atomic E-state index is 0.127. The molecule has 1 heterocycles. The van der Waals surface area contributed by atoms with Gasteiger partial charge in [0.2, 0.25) is 5.91 Å². The van der Waals surface area contributed by atoms with Gasteiger partial charge in [-0.15, -0.1) is 0 Å². The minimum atomic E-state index is 0.127. The quantitative estimate of drug-likeness (QED) is 0.751. The van der Waals surface area contributed by atoms with Crippen LogP contribution in [0.4, 0.5) is 0 Å². The summed E-state index contributed by atoms with van der Waals surface area (Å²) in [6, 6.07) is 5.72. The second kappa shape index (κ2) is 8.71. The molecule has 0 atom stereocenters. The van der Waals surface area contributed by atoms with E-state index in [1.165, 1.54) is 0 Å². The molecule has 72 valence electrons. The van der Waals surface area contributed by atoms with Crippen LogP contribution in [0.1, 0.15) is 19.8 Å². The summed E-state index contributed by atoms with van der Waals surface area (Å²) in [6.45, 7) is 1.98. The Hall–Kier alpha value is -1.38. The summed E-state index contributed by atoms with van der Waals surface area (Å²) in [7, 11) is 1.65. The Morgan fingerprint density at radius 2 is 1.92 bits per heavy atom. The van der Waals surface area contributed by atoms with Crippen LogP contribution in [0.3, 0.4) is 0 Å². The van der Waals surface area contributed by atoms with E-state index in [4.69, 9.17) is 0 Å². The second-order valence-corrected chi connectivity index (χ2v) is 2.45. The molecular weight excluding hydrogens is 164 g/mol. The van der Waals surface area contributed by atoms with Gasteiger partial charge in [0.25, 0.3) is 0 Å². The van der Waals surface area contributed by atoms with E-state index >= 15 is 0 Å². The van der Waals surface area contributed by atoms with Crippen LogP contribution in [0.25, 0.3) is 0 Å². The van der Waals surface area contributed by atoms with E-state index in [2.05, 4.69) is 10.3 Å². The number of nitrogens with zero attached hydrogens (tertiary/aromatic N) is 1. The zero-order valence-electron chi connectivity index (χ0n) is 8.16. The first-order valence-corrected chi connectivity index (χ1v) is 4.36. The Morgan fingerprint density at radius 1 is 1.31 bits per heavy atom. The molecule has 1 rings (SSSR count). The first-order chi connectivity index (χ1) is 6.31. The summed E-state index contributed by atoms with van der Waals surface area (Å²) in [4.78, 5) is 14.1. The Labute approximate surface area is 79.2 Å². The third-order valence-electron chi connectivity index (χ3n) is 1.32. The molecule has 3 heteroatoms. The number of hydrogen-bond donors (Lipinski definition) is 1. The van der Waals surface area contributed by atoms with Crippen molar-refractivity contribution in [1.82, 2.24) is 10.3 Å². The average molecular weight is 180 g/mol. The van der Waals surface area contributed by atoms with E-state index < -0.39 is 0 Å². The van der Waals surface area contributed by atoms with Gasteiger partial charge < -0.3 is 5.32 Å². The standard InChI is InChI=1S/C5H11NO.C5H5N/c1-3-4-5(7)6-2;1-2-4-6-5-3-1/h3-4H2,1-2H3,(H,6,7);1-5H. The molecule has 1 aromatic rings. The molecule has 0 aliphatic carbocycles. The fourth-order valence-corrected chi connectivity index (χ4v) is 0.665. The lowest BCUT2D eigenvalue weighted by Gasteiger charge is -1.91. The molecule has 3 nitrogen and oxygen atoms in total. The van der Waals surface area contributed by atoms with Crippen molar-refractivity contribution < 1.29 is 4.79 Å². The smallest absolute Gasteiger partial charge is 0.219 e. The van der Waals surface area contributed by atoms with Crippen molar-refractivity contribution in [1.29, 1.82) is 0 Å². The zero-order valence-corrected chi connectivity index (χ0v) is 8.16. The number of pyridine rings is 1. The van der Waals surface area contributed by atoms with E-state index in [1.54, 1.807) is 19.4 Å². The second-order valence-electron chi connectivity index (χ2n) is 2.45. The van der Waals surface area contributed by atoms with Gasteiger partial charge in [-0.1, -0.05) is 13.0 Å². The van der Waals surface area contributed by atoms with E-state index in [0.29, 0.717) is 6.42 Å². The molecule has 1 N–H and O–H groups in total. The summed E-state index contributed by atoms with van der Waals surface area (Å²) < 4.78 is 0. The maximum atomic E-state index is 10.3. The molecule has 0 bridgehead atoms. The topological polar surface area (TPSA) is 42.0 Å². The molecule has 0 aliphatic heterocycles. The minimum Gasteiger partial charge on any atom is -0.359 e. The van der Waals surface area contributed by atoms with Crippen molar-refractivity contribution >= 4 is 5.91 Å². The maximum absolute atomic E-state index is 10.3. The fraction of sp³-hybridized carbons (Fsp3) is 0.400. The molecule has 0 saturated heterocycles. The van der Waals surface area contributed by atoms with E-state index in [0.717, 1.165) is 6.42 Å². The highest BCUT2D eigenvalue weighted by molar-refractivity contribution is 5.75. The summed E-state index contributed by atoms with van der Waals surface area (Å²) in [6.07, 6.45) is 5.08. The van der Waals surface area contributed by atoms with Crippen LogP contribution in [0.5, 0.6) is 0 Å². The van der Waals surface area contributed by atoms with Crippen molar-refractivity contribution in [3.8, 4) is 0 Å². The molecule has 0 spiro atoms. The predicted octanol–water partition coefficient (Wildman–Crippen LogP) is 1.61. The van der Waals surface area contributed by atoms with Crippen LogP contribution in [0.2, 0.25) is 0 Å². The molecule has 1 aromatic heterocycles. The van der Waals surface area contributed by atoms with Crippen LogP contribution < -0.4 is 5.32 Å². The summed E-state index contributed by atoms with van der Waals surface area (Å²) in [5.74, 6) is 0.127. The monoisotopic (exact) mass is 180 g/mol. The lowest BCUT2D eigenvalue weighted by Crippen LogP contribution is -2.16. The van der Waals surface area contributed by atoms with Gasteiger partial charge >= 0.3 is 0 Å². The van der Waals surface area contributed by atoms with Gasteiger partial charge in [-0.05, 0) is 18.6 Å². The van der Waals surface area contributed by atoms with Crippen LogP contribution >= 0.6 is 0 Å². The van der Waals surface area contributed by atoms with Crippen LogP contribution in [0.15, 0.2) is 30.6 Å². The highest BCUT2D eigenvalue weighted by Crippen LogP contribution is 1.82. The summed E-state index contributed by atoms with van der Waals surface area (Å²) >= 11 is 0. The SMILES string of the molecule is CCCC(=O)NC.c1ccncc1. The van der Waals surface area contributed by atoms with E-state index in [-0.39, 0.29) is 5.91 Å². The van der Waals surface area contributed by atoms with Crippen molar-refractivity contribution in [3.05, 3.63) is 30.6 Å². The number of amides is 1. The van der Waals surface area contributed by atoms with Gasteiger partial charge in [-0.3, -0.25) is 9.78 Å². The van der Waals surface area contributed by atoms with Crippen LogP contribution in [-0.4, -0.2) is 17.9 Å². The average Bonchev–Trinajstić information content (AvgIpc) is 2.22.